The monoisotopic (exact) mass is 210 g/mol. The average molecular weight is 210 g/mol. The van der Waals surface area contributed by atoms with Gasteiger partial charge in [0, 0.05) is 0 Å². The van der Waals surface area contributed by atoms with Gasteiger partial charge in [-0.3, -0.25) is 0 Å². The van der Waals surface area contributed by atoms with Gasteiger partial charge in [-0.15, -0.1) is 0 Å². The quantitative estimate of drug-likeness (QED) is 0.602. The molecule has 2 aliphatic rings. The Morgan fingerprint density at radius 1 is 0.933 bits per heavy atom. The molecule has 0 spiro atoms. The molecule has 0 aromatic heterocycles. The molecule has 0 unspecified atom stereocenters. The lowest BCUT2D eigenvalue weighted by Gasteiger charge is -2.28. The highest BCUT2D eigenvalue weighted by Crippen LogP contribution is 2.54. The van der Waals surface area contributed by atoms with Crippen LogP contribution in [0.1, 0.15) is 71.1 Å². The van der Waals surface area contributed by atoms with E-state index in [2.05, 4.69) is 6.92 Å². The average Bonchev–Trinajstić information content (AvgIpc) is 3.07. The Hall–Kier alpha value is -0.0400. The van der Waals surface area contributed by atoms with Crippen LogP contribution in [0.3, 0.4) is 0 Å². The molecule has 0 bridgehead atoms. The second kappa shape index (κ2) is 4.86. The van der Waals surface area contributed by atoms with E-state index in [0.717, 1.165) is 6.42 Å². The van der Waals surface area contributed by atoms with Crippen molar-refractivity contribution in [3.05, 3.63) is 0 Å². The van der Waals surface area contributed by atoms with E-state index in [1.54, 1.807) is 0 Å². The second-order valence-corrected chi connectivity index (χ2v) is 5.70. The van der Waals surface area contributed by atoms with Crippen LogP contribution in [0.25, 0.3) is 0 Å². The molecule has 1 heteroatoms. The van der Waals surface area contributed by atoms with Gasteiger partial charge in [-0.2, -0.15) is 0 Å². The van der Waals surface area contributed by atoms with Crippen molar-refractivity contribution < 1.29 is 5.11 Å². The van der Waals surface area contributed by atoms with Gasteiger partial charge in [-0.1, -0.05) is 39.0 Å². The third-order valence-electron chi connectivity index (χ3n) is 4.25. The highest BCUT2D eigenvalue weighted by molar-refractivity contribution is 5.03. The normalized spacial score (nSPS) is 22.0. The Morgan fingerprint density at radius 2 is 1.47 bits per heavy atom. The minimum atomic E-state index is -0.230. The third kappa shape index (κ3) is 2.96. The van der Waals surface area contributed by atoms with Gasteiger partial charge in [-0.25, -0.2) is 0 Å². The van der Waals surface area contributed by atoms with Gasteiger partial charge in [0.2, 0.25) is 0 Å². The van der Waals surface area contributed by atoms with Crippen LogP contribution >= 0.6 is 0 Å². The molecule has 0 radical (unpaired) electrons. The molecule has 0 amide bonds. The molecule has 0 atom stereocenters. The minimum Gasteiger partial charge on any atom is -0.389 e. The summed E-state index contributed by atoms with van der Waals surface area (Å²) in [5.74, 6) is 1.35. The molecule has 0 aromatic carbocycles. The van der Waals surface area contributed by atoms with Gasteiger partial charge in [0.25, 0.3) is 0 Å². The first kappa shape index (κ1) is 11.4. The zero-order valence-corrected chi connectivity index (χ0v) is 10.2. The van der Waals surface area contributed by atoms with Crippen LogP contribution in [0.4, 0.5) is 0 Å². The van der Waals surface area contributed by atoms with Crippen molar-refractivity contribution in [3.8, 4) is 0 Å². The number of unbranched alkanes of at least 4 members (excludes halogenated alkanes) is 4. The molecule has 2 aliphatic carbocycles. The van der Waals surface area contributed by atoms with Crippen LogP contribution < -0.4 is 0 Å². The van der Waals surface area contributed by atoms with Gasteiger partial charge in [-0.05, 0) is 43.9 Å². The molecule has 88 valence electrons. The molecule has 0 aliphatic heterocycles. The maximum atomic E-state index is 10.6. The fourth-order valence-corrected chi connectivity index (χ4v) is 2.92. The first-order chi connectivity index (χ1) is 7.27. The van der Waals surface area contributed by atoms with E-state index in [1.165, 1.54) is 57.8 Å². The third-order valence-corrected chi connectivity index (χ3v) is 4.25. The smallest absolute Gasteiger partial charge is 0.0703 e. The van der Waals surface area contributed by atoms with E-state index < -0.39 is 0 Å². The first-order valence-electron chi connectivity index (χ1n) is 6.99. The van der Waals surface area contributed by atoms with Crippen molar-refractivity contribution in [3.63, 3.8) is 0 Å². The van der Waals surface area contributed by atoms with Crippen molar-refractivity contribution >= 4 is 0 Å². The molecule has 0 aromatic rings. The first-order valence-corrected chi connectivity index (χ1v) is 6.99. The van der Waals surface area contributed by atoms with Crippen LogP contribution in [0.5, 0.6) is 0 Å². The lowest BCUT2D eigenvalue weighted by atomic mass is 9.86. The molecule has 2 fully saturated rings. The van der Waals surface area contributed by atoms with E-state index >= 15 is 0 Å². The Kier molecular flexibility index (Phi) is 3.71. The zero-order valence-electron chi connectivity index (χ0n) is 10.2. The highest BCUT2D eigenvalue weighted by Gasteiger charge is 2.52. The summed E-state index contributed by atoms with van der Waals surface area (Å²) in [7, 11) is 0. The number of aliphatic hydroxyl groups is 1. The van der Waals surface area contributed by atoms with Crippen molar-refractivity contribution in [2.24, 2.45) is 11.8 Å². The molecule has 1 nitrogen and oxygen atoms in total. The fourth-order valence-electron chi connectivity index (χ4n) is 2.92. The summed E-state index contributed by atoms with van der Waals surface area (Å²) in [6.07, 6.45) is 12.9. The summed E-state index contributed by atoms with van der Waals surface area (Å²) in [5.41, 5.74) is -0.230. The Bertz CT molecular complexity index is 180. The molecule has 1 N–H and O–H groups in total. The lowest BCUT2D eigenvalue weighted by Crippen LogP contribution is -2.33. The largest absolute Gasteiger partial charge is 0.389 e. The van der Waals surface area contributed by atoms with Gasteiger partial charge >= 0.3 is 0 Å². The summed E-state index contributed by atoms with van der Waals surface area (Å²) in [6, 6.07) is 0. The summed E-state index contributed by atoms with van der Waals surface area (Å²) >= 11 is 0. The predicted octanol–water partition coefficient (Wildman–Crippen LogP) is 3.90. The highest BCUT2D eigenvalue weighted by atomic mass is 16.3. The standard InChI is InChI=1S/C14H26O/c1-2-3-4-5-6-11-14(15,12-7-8-12)13-9-10-13/h12-13,15H,2-11H2,1H3. The number of hydrogen-bond donors (Lipinski definition) is 1. The molecular weight excluding hydrogens is 184 g/mol. The summed E-state index contributed by atoms with van der Waals surface area (Å²) in [5, 5.41) is 10.6. The molecule has 0 saturated heterocycles. The van der Waals surface area contributed by atoms with Crippen molar-refractivity contribution in [1.82, 2.24) is 0 Å². The van der Waals surface area contributed by atoms with Crippen molar-refractivity contribution in [2.45, 2.75) is 76.7 Å². The molecule has 0 heterocycles. The maximum Gasteiger partial charge on any atom is 0.0703 e. The summed E-state index contributed by atoms with van der Waals surface area (Å²) in [4.78, 5) is 0. The van der Waals surface area contributed by atoms with Gasteiger partial charge in [0.1, 0.15) is 0 Å². The van der Waals surface area contributed by atoms with Gasteiger partial charge in [0.15, 0.2) is 0 Å². The predicted molar refractivity (Wildman–Crippen MR) is 63.8 cm³/mol. The SMILES string of the molecule is CCCCCCCC(O)(C1CC1)C1CC1. The van der Waals surface area contributed by atoms with Crippen LogP contribution in [0.15, 0.2) is 0 Å². The van der Waals surface area contributed by atoms with Crippen molar-refractivity contribution in [1.29, 1.82) is 0 Å². The zero-order chi connectivity index (χ0) is 10.7. The van der Waals surface area contributed by atoms with Crippen LogP contribution in [0.2, 0.25) is 0 Å². The lowest BCUT2D eigenvalue weighted by molar-refractivity contribution is -0.0151. The van der Waals surface area contributed by atoms with E-state index in [-0.39, 0.29) is 5.60 Å². The number of rotatable bonds is 8. The Balaban J connectivity index is 1.66. The van der Waals surface area contributed by atoms with E-state index in [1.807, 2.05) is 0 Å². The van der Waals surface area contributed by atoms with E-state index in [0.29, 0.717) is 11.8 Å². The minimum absolute atomic E-state index is 0.230. The van der Waals surface area contributed by atoms with E-state index in [4.69, 9.17) is 0 Å². The molecule has 2 saturated carbocycles. The summed E-state index contributed by atoms with van der Waals surface area (Å²) in [6.45, 7) is 2.25. The maximum absolute atomic E-state index is 10.6. The molecule has 2 rings (SSSR count). The second-order valence-electron chi connectivity index (χ2n) is 5.70. The summed E-state index contributed by atoms with van der Waals surface area (Å²) < 4.78 is 0. The van der Waals surface area contributed by atoms with Gasteiger partial charge in [0.05, 0.1) is 5.60 Å². The van der Waals surface area contributed by atoms with Gasteiger partial charge < -0.3 is 5.11 Å². The fraction of sp³-hybridized carbons (Fsp3) is 1.00. The Labute approximate surface area is 94.3 Å². The van der Waals surface area contributed by atoms with Crippen LogP contribution in [-0.2, 0) is 0 Å². The Morgan fingerprint density at radius 3 is 1.93 bits per heavy atom. The number of hydrogen-bond acceptors (Lipinski definition) is 1. The topological polar surface area (TPSA) is 20.2 Å². The molecule has 15 heavy (non-hydrogen) atoms. The van der Waals surface area contributed by atoms with Crippen molar-refractivity contribution in [2.75, 3.05) is 0 Å². The van der Waals surface area contributed by atoms with E-state index in [9.17, 15) is 5.11 Å². The molecular formula is C14H26O. The van der Waals surface area contributed by atoms with Crippen LogP contribution in [-0.4, -0.2) is 10.7 Å². The van der Waals surface area contributed by atoms with Crippen LogP contribution in [0, 0.1) is 11.8 Å².